The second-order valence-corrected chi connectivity index (χ2v) is 11.9. The monoisotopic (exact) mass is 760 g/mol. The van der Waals surface area contributed by atoms with Crippen molar-refractivity contribution < 1.29 is 57.2 Å². The molecule has 2 aromatic carbocycles. The minimum absolute atomic E-state index is 0.00504. The Labute approximate surface area is 315 Å². The fourth-order valence-electron chi connectivity index (χ4n) is 5.68. The van der Waals surface area contributed by atoms with Gasteiger partial charge in [0.1, 0.15) is 13.2 Å². The zero-order chi connectivity index (χ0) is 39.6. The van der Waals surface area contributed by atoms with Gasteiger partial charge in [0.05, 0.1) is 40.5 Å². The lowest BCUT2D eigenvalue weighted by Crippen LogP contribution is -2.44. The minimum Gasteiger partial charge on any atom is -0.484 e. The van der Waals surface area contributed by atoms with Crippen LogP contribution in [0.4, 0.5) is 0 Å². The molecule has 6 rings (SSSR count). The quantitative estimate of drug-likeness (QED) is 0.163. The molecule has 1 N–H and O–H groups in total. The average molecular weight is 761 g/mol. The van der Waals surface area contributed by atoms with Crippen LogP contribution in [0.2, 0.25) is 0 Å². The number of esters is 4. The van der Waals surface area contributed by atoms with Crippen molar-refractivity contribution in [1.29, 1.82) is 0 Å². The predicted octanol–water partition coefficient (Wildman–Crippen LogP) is 2.53. The number of benzene rings is 2. The minimum atomic E-state index is -0.893. The molecule has 0 saturated carbocycles. The molecule has 2 aliphatic heterocycles. The molecule has 18 nitrogen and oxygen atoms in total. The zero-order valence-corrected chi connectivity index (χ0v) is 30.8. The summed E-state index contributed by atoms with van der Waals surface area (Å²) in [6.45, 7) is 4.04. The molecule has 18 heteroatoms. The van der Waals surface area contributed by atoms with Crippen LogP contribution in [0.15, 0.2) is 60.7 Å². The van der Waals surface area contributed by atoms with Crippen molar-refractivity contribution >= 4 is 35.7 Å². The molecule has 290 valence electrons. The number of carbonyl (C=O) groups is 6. The van der Waals surface area contributed by atoms with E-state index in [9.17, 15) is 28.8 Å². The Balaban J connectivity index is 0.000000211. The Bertz CT molecular complexity index is 2050. The van der Waals surface area contributed by atoms with E-state index in [1.54, 1.807) is 20.9 Å². The van der Waals surface area contributed by atoms with Gasteiger partial charge in [-0.25, -0.2) is 28.5 Å². The van der Waals surface area contributed by atoms with E-state index >= 15 is 0 Å². The summed E-state index contributed by atoms with van der Waals surface area (Å²) in [4.78, 5) is 75.5. The summed E-state index contributed by atoms with van der Waals surface area (Å²) in [7, 11) is 3.97. The molecule has 4 aromatic rings. The predicted molar refractivity (Wildman–Crippen MR) is 189 cm³/mol. The van der Waals surface area contributed by atoms with Crippen molar-refractivity contribution in [3.8, 4) is 11.5 Å². The fourth-order valence-corrected chi connectivity index (χ4v) is 5.68. The number of aromatic nitrogens is 4. The SMILES string of the molecule is CCOC(=O)C1CN(C)C(=O)c2c(OCc3ccccc3)c(C(=O)OC)nn21.CCOC(=O)C1CNC(=O)c2c(OCc3ccccc3)c(C(=O)OC)nn21. The van der Waals surface area contributed by atoms with Crippen molar-refractivity contribution in [2.45, 2.75) is 39.1 Å². The van der Waals surface area contributed by atoms with Crippen LogP contribution in [0.25, 0.3) is 0 Å². The van der Waals surface area contributed by atoms with Crippen molar-refractivity contribution in [2.75, 3.05) is 47.6 Å². The van der Waals surface area contributed by atoms with E-state index in [4.69, 9.17) is 28.4 Å². The lowest BCUT2D eigenvalue weighted by Gasteiger charge is -2.29. The Morgan fingerprint density at radius 1 is 0.709 bits per heavy atom. The number of methoxy groups -OCH3 is 2. The van der Waals surface area contributed by atoms with Gasteiger partial charge in [0.2, 0.25) is 11.4 Å². The Kier molecular flexibility index (Phi) is 12.8. The summed E-state index contributed by atoms with van der Waals surface area (Å²) < 4.78 is 33.6. The number of nitrogens with zero attached hydrogens (tertiary/aromatic N) is 5. The van der Waals surface area contributed by atoms with Crippen LogP contribution in [0.5, 0.6) is 11.5 Å². The van der Waals surface area contributed by atoms with Crippen LogP contribution in [-0.2, 0) is 41.8 Å². The first-order valence-electron chi connectivity index (χ1n) is 17.2. The number of amides is 2. The number of ether oxygens (including phenoxy) is 6. The van der Waals surface area contributed by atoms with Crippen LogP contribution in [0.3, 0.4) is 0 Å². The first-order chi connectivity index (χ1) is 26.5. The Morgan fingerprint density at radius 2 is 1.16 bits per heavy atom. The number of fused-ring (bicyclic) bond motifs is 2. The maximum absolute atomic E-state index is 12.8. The third-order valence-corrected chi connectivity index (χ3v) is 8.32. The lowest BCUT2D eigenvalue weighted by molar-refractivity contribution is -0.148. The van der Waals surface area contributed by atoms with E-state index < -0.39 is 47.8 Å². The molecule has 2 amide bonds. The van der Waals surface area contributed by atoms with Gasteiger partial charge in [0.15, 0.2) is 35.0 Å². The van der Waals surface area contributed by atoms with Gasteiger partial charge in [0, 0.05) is 7.05 Å². The van der Waals surface area contributed by atoms with Gasteiger partial charge < -0.3 is 38.6 Å². The Morgan fingerprint density at radius 3 is 1.64 bits per heavy atom. The van der Waals surface area contributed by atoms with Crippen LogP contribution in [0, 0.1) is 0 Å². The number of nitrogens with one attached hydrogen (secondary N) is 1. The summed E-state index contributed by atoms with van der Waals surface area (Å²) in [5.74, 6) is -3.59. The van der Waals surface area contributed by atoms with Crippen LogP contribution < -0.4 is 14.8 Å². The average Bonchev–Trinajstić information content (AvgIpc) is 3.78. The molecule has 2 aliphatic rings. The fraction of sp³-hybridized carbons (Fsp3) is 0.351. The van der Waals surface area contributed by atoms with Gasteiger partial charge in [0.25, 0.3) is 11.8 Å². The topological polar surface area (TPSA) is 209 Å². The second-order valence-electron chi connectivity index (χ2n) is 11.9. The van der Waals surface area contributed by atoms with E-state index in [1.807, 2.05) is 60.7 Å². The number of rotatable bonds is 12. The summed E-state index contributed by atoms with van der Waals surface area (Å²) in [6, 6.07) is 16.7. The van der Waals surface area contributed by atoms with E-state index in [-0.39, 0.29) is 73.8 Å². The molecule has 2 aromatic heterocycles. The number of hydrogen-bond donors (Lipinski definition) is 1. The molecule has 0 fully saturated rings. The summed E-state index contributed by atoms with van der Waals surface area (Å²) in [5.41, 5.74) is 1.35. The Hall–Kier alpha value is -6.72. The van der Waals surface area contributed by atoms with E-state index in [2.05, 4.69) is 15.5 Å². The molecule has 55 heavy (non-hydrogen) atoms. The first-order valence-corrected chi connectivity index (χ1v) is 17.2. The highest BCUT2D eigenvalue weighted by Gasteiger charge is 2.42. The molecular weight excluding hydrogens is 720 g/mol. The molecule has 0 bridgehead atoms. The standard InChI is InChI=1S/C19H21N3O6.C18H19N3O6/c1-4-27-18(24)13-10-21(2)17(23)15-16(14(19(25)26-3)20-22(13)15)28-11-12-8-6-5-7-9-12;1-3-26-17(23)12-9-19-16(22)14-15(13(18(24)25-2)20-21(12)14)27-10-11-7-5-4-6-8-11/h5-9,13H,4,10-11H2,1-3H3;4-8,12H,3,9-10H2,1-2H3,(H,19,22). The smallest absolute Gasteiger partial charge is 0.362 e. The van der Waals surface area contributed by atoms with Gasteiger partial charge in [-0.15, -0.1) is 0 Å². The normalized spacial score (nSPS) is 15.6. The molecule has 2 unspecified atom stereocenters. The van der Waals surface area contributed by atoms with Gasteiger partial charge >= 0.3 is 23.9 Å². The largest absolute Gasteiger partial charge is 0.484 e. The maximum Gasteiger partial charge on any atom is 0.362 e. The number of hydrogen-bond acceptors (Lipinski definition) is 14. The maximum atomic E-state index is 12.8. The van der Waals surface area contributed by atoms with Gasteiger partial charge in [-0.3, -0.25) is 9.59 Å². The van der Waals surface area contributed by atoms with Crippen molar-refractivity contribution in [3.05, 3.63) is 94.6 Å². The van der Waals surface area contributed by atoms with E-state index in [1.165, 1.54) is 28.5 Å². The van der Waals surface area contributed by atoms with Crippen molar-refractivity contribution in [3.63, 3.8) is 0 Å². The van der Waals surface area contributed by atoms with Crippen LogP contribution in [-0.4, -0.2) is 108 Å². The zero-order valence-electron chi connectivity index (χ0n) is 30.8. The summed E-state index contributed by atoms with van der Waals surface area (Å²) in [6.07, 6.45) is 0. The highest BCUT2D eigenvalue weighted by Crippen LogP contribution is 2.33. The van der Waals surface area contributed by atoms with Crippen LogP contribution in [0.1, 0.15) is 79.0 Å². The second kappa shape index (κ2) is 17.9. The highest BCUT2D eigenvalue weighted by atomic mass is 16.5. The van der Waals surface area contributed by atoms with E-state index in [0.29, 0.717) is 0 Å². The summed E-state index contributed by atoms with van der Waals surface area (Å²) in [5, 5.41) is 10.9. The van der Waals surface area contributed by atoms with Gasteiger partial charge in [-0.2, -0.15) is 10.2 Å². The lowest BCUT2D eigenvalue weighted by atomic mass is 10.1. The molecule has 0 saturated heterocycles. The van der Waals surface area contributed by atoms with Crippen LogP contribution >= 0.6 is 0 Å². The number of carbonyl (C=O) groups excluding carboxylic acids is 6. The highest BCUT2D eigenvalue weighted by molar-refractivity contribution is 6.03. The molecular formula is C37H40N6O12. The molecule has 0 spiro atoms. The molecule has 0 aliphatic carbocycles. The number of likely N-dealkylation sites (N-methyl/N-ethyl adjacent to an activating group) is 1. The third kappa shape index (κ3) is 8.58. The van der Waals surface area contributed by atoms with Crippen molar-refractivity contribution in [2.24, 2.45) is 0 Å². The first kappa shape index (κ1) is 39.5. The third-order valence-electron chi connectivity index (χ3n) is 8.32. The molecule has 0 radical (unpaired) electrons. The van der Waals surface area contributed by atoms with Gasteiger partial charge in [-0.1, -0.05) is 60.7 Å². The van der Waals surface area contributed by atoms with Crippen molar-refractivity contribution in [1.82, 2.24) is 29.8 Å². The molecule has 2 atom stereocenters. The molecule has 4 heterocycles. The van der Waals surface area contributed by atoms with E-state index in [0.717, 1.165) is 11.1 Å². The van der Waals surface area contributed by atoms with Gasteiger partial charge in [-0.05, 0) is 25.0 Å². The summed E-state index contributed by atoms with van der Waals surface area (Å²) >= 11 is 0.